The summed E-state index contributed by atoms with van der Waals surface area (Å²) in [4.78, 5) is 29.2. The van der Waals surface area contributed by atoms with Crippen LogP contribution >= 0.6 is 0 Å². The summed E-state index contributed by atoms with van der Waals surface area (Å²) >= 11 is 0. The molecule has 1 saturated carbocycles. The third-order valence-corrected chi connectivity index (χ3v) is 6.95. The van der Waals surface area contributed by atoms with E-state index in [9.17, 15) is 17.6 Å². The normalized spacial score (nSPS) is 14.1. The van der Waals surface area contributed by atoms with Gasteiger partial charge in [0.05, 0.1) is 33.9 Å². The fourth-order valence-electron chi connectivity index (χ4n) is 2.96. The van der Waals surface area contributed by atoms with Gasteiger partial charge in [-0.05, 0) is 44.9 Å². The molecule has 0 bridgehead atoms. The van der Waals surface area contributed by atoms with E-state index in [1.54, 1.807) is 19.9 Å². The van der Waals surface area contributed by atoms with Crippen molar-refractivity contribution in [3.63, 3.8) is 0 Å². The summed E-state index contributed by atoms with van der Waals surface area (Å²) in [6.07, 6.45) is 7.12. The number of nitrogens with zero attached hydrogens (tertiary/aromatic N) is 4. The molecule has 0 atom stereocenters. The summed E-state index contributed by atoms with van der Waals surface area (Å²) in [5, 5.41) is 2.14. The van der Waals surface area contributed by atoms with Crippen molar-refractivity contribution in [2.45, 2.75) is 37.4 Å². The van der Waals surface area contributed by atoms with Gasteiger partial charge in [0, 0.05) is 24.2 Å². The van der Waals surface area contributed by atoms with Gasteiger partial charge in [-0.1, -0.05) is 6.07 Å². The van der Waals surface area contributed by atoms with E-state index in [1.165, 1.54) is 43.0 Å². The topological polar surface area (TPSA) is 127 Å². The number of hydrogen-bond donors (Lipinski definition) is 2. The second-order valence-electron chi connectivity index (χ2n) is 7.98. The van der Waals surface area contributed by atoms with Gasteiger partial charge in [0.15, 0.2) is 0 Å². The molecule has 0 spiro atoms. The van der Waals surface area contributed by atoms with Crippen molar-refractivity contribution in [2.24, 2.45) is 0 Å². The van der Waals surface area contributed by atoms with E-state index in [0.29, 0.717) is 24.1 Å². The number of rotatable bonds is 7. The molecule has 1 amide bonds. The highest BCUT2D eigenvalue weighted by Crippen LogP contribution is 2.30. The molecular formula is C21H21FN6O3S. The van der Waals surface area contributed by atoms with Gasteiger partial charge < -0.3 is 5.32 Å². The molecule has 0 aliphatic heterocycles. The van der Waals surface area contributed by atoms with Gasteiger partial charge in [-0.15, -0.1) is 0 Å². The van der Waals surface area contributed by atoms with Crippen LogP contribution in [0, 0.1) is 5.82 Å². The summed E-state index contributed by atoms with van der Waals surface area (Å²) in [6.45, 7) is 3.21. The number of nitrogens with one attached hydrogen (secondary N) is 2. The molecule has 4 rings (SSSR count). The molecule has 0 saturated heterocycles. The van der Waals surface area contributed by atoms with E-state index in [2.05, 4.69) is 30.0 Å². The van der Waals surface area contributed by atoms with E-state index >= 15 is 0 Å². The van der Waals surface area contributed by atoms with E-state index in [-0.39, 0.29) is 17.3 Å². The fraction of sp³-hybridized carbons (Fsp3) is 0.286. The molecule has 2 aromatic heterocycles. The summed E-state index contributed by atoms with van der Waals surface area (Å²) in [7, 11) is -3.54. The van der Waals surface area contributed by atoms with Crippen molar-refractivity contribution in [1.82, 2.24) is 19.9 Å². The molecule has 1 fully saturated rings. The molecule has 1 aromatic carbocycles. The minimum atomic E-state index is -3.54. The fourth-order valence-corrected chi connectivity index (χ4v) is 4.24. The Kier molecular flexibility index (Phi) is 5.59. The number of benzene rings is 1. The minimum Gasteiger partial charge on any atom is -0.323 e. The molecule has 0 radical (unpaired) electrons. The van der Waals surface area contributed by atoms with Crippen LogP contribution in [0.1, 0.15) is 32.4 Å². The maximum atomic E-state index is 14.7. The Morgan fingerprint density at radius 1 is 1.12 bits per heavy atom. The Morgan fingerprint density at radius 3 is 2.56 bits per heavy atom. The van der Waals surface area contributed by atoms with Crippen molar-refractivity contribution >= 4 is 27.6 Å². The van der Waals surface area contributed by atoms with Gasteiger partial charge in [-0.3, -0.25) is 19.5 Å². The molecule has 1 aliphatic rings. The third kappa shape index (κ3) is 4.57. The molecule has 2 N–H and O–H groups in total. The number of carbonyl (C=O) groups is 1. The molecule has 32 heavy (non-hydrogen) atoms. The van der Waals surface area contributed by atoms with Crippen LogP contribution in [-0.2, 0) is 20.2 Å². The zero-order chi connectivity index (χ0) is 22.9. The van der Waals surface area contributed by atoms with Gasteiger partial charge in [0.25, 0.3) is 0 Å². The predicted molar refractivity (Wildman–Crippen MR) is 117 cm³/mol. The van der Waals surface area contributed by atoms with Crippen LogP contribution in [-0.4, -0.2) is 39.5 Å². The second-order valence-corrected chi connectivity index (χ2v) is 9.94. The van der Waals surface area contributed by atoms with E-state index in [4.69, 9.17) is 0 Å². The highest BCUT2D eigenvalue weighted by atomic mass is 32.2. The number of anilines is 2. The summed E-state index contributed by atoms with van der Waals surface area (Å²) in [5.74, 6) is -1.24. The first kappa shape index (κ1) is 21.8. The van der Waals surface area contributed by atoms with Crippen LogP contribution in [0.5, 0.6) is 0 Å². The predicted octanol–water partition coefficient (Wildman–Crippen LogP) is 2.89. The van der Waals surface area contributed by atoms with Crippen molar-refractivity contribution in [3.05, 3.63) is 60.6 Å². The average Bonchev–Trinajstić information content (AvgIpc) is 3.62. The maximum absolute atomic E-state index is 14.7. The Balaban J connectivity index is 1.52. The Labute approximate surface area is 184 Å². The van der Waals surface area contributed by atoms with Gasteiger partial charge in [0.2, 0.25) is 21.9 Å². The minimum absolute atomic E-state index is 0.000527. The van der Waals surface area contributed by atoms with Gasteiger partial charge in [0.1, 0.15) is 5.82 Å². The van der Waals surface area contributed by atoms with Gasteiger partial charge in [-0.25, -0.2) is 22.8 Å². The first-order chi connectivity index (χ1) is 15.2. The largest absolute Gasteiger partial charge is 0.323 e. The van der Waals surface area contributed by atoms with Crippen molar-refractivity contribution in [1.29, 1.82) is 0 Å². The quantitative estimate of drug-likeness (QED) is 0.560. The number of aromatic nitrogens is 4. The monoisotopic (exact) mass is 456 g/mol. The summed E-state index contributed by atoms with van der Waals surface area (Å²) in [6, 6.07) is 5.86. The van der Waals surface area contributed by atoms with Crippen LogP contribution in [0.4, 0.5) is 16.0 Å². The Morgan fingerprint density at radius 2 is 1.91 bits per heavy atom. The highest BCUT2D eigenvalue weighted by molar-refractivity contribution is 7.93. The molecule has 1 aliphatic carbocycles. The molecule has 3 aromatic rings. The SMILES string of the molecule is CC(C)(C(=O)Nc1ccc(-c2cnccn2)cc1F)c1ccnc(NS(=O)(=O)C2CC2)n1. The van der Waals surface area contributed by atoms with Crippen LogP contribution in [0.15, 0.2) is 49.1 Å². The van der Waals surface area contributed by atoms with E-state index in [0.717, 1.165) is 0 Å². The third-order valence-electron chi connectivity index (χ3n) is 5.14. The smallest absolute Gasteiger partial charge is 0.237 e. The molecule has 9 nitrogen and oxygen atoms in total. The van der Waals surface area contributed by atoms with E-state index in [1.807, 2.05) is 0 Å². The number of carbonyl (C=O) groups excluding carboxylic acids is 1. The zero-order valence-electron chi connectivity index (χ0n) is 17.4. The summed E-state index contributed by atoms with van der Waals surface area (Å²) in [5.41, 5.74) is 0.121. The lowest BCUT2D eigenvalue weighted by molar-refractivity contribution is -0.120. The van der Waals surface area contributed by atoms with E-state index < -0.39 is 32.4 Å². The highest BCUT2D eigenvalue weighted by Gasteiger charge is 2.37. The zero-order valence-corrected chi connectivity index (χ0v) is 18.2. The van der Waals surface area contributed by atoms with Crippen molar-refractivity contribution in [2.75, 3.05) is 10.0 Å². The lowest BCUT2D eigenvalue weighted by Gasteiger charge is -2.23. The van der Waals surface area contributed by atoms with Crippen LogP contribution < -0.4 is 10.0 Å². The first-order valence-electron chi connectivity index (χ1n) is 9.89. The second kappa shape index (κ2) is 8.23. The van der Waals surface area contributed by atoms with Crippen molar-refractivity contribution in [3.8, 4) is 11.3 Å². The number of hydrogen-bond acceptors (Lipinski definition) is 7. The lowest BCUT2D eigenvalue weighted by atomic mass is 9.88. The average molecular weight is 457 g/mol. The molecule has 2 heterocycles. The molecule has 11 heteroatoms. The van der Waals surface area contributed by atoms with Crippen LogP contribution in [0.3, 0.4) is 0 Å². The number of sulfonamides is 1. The number of amides is 1. The molecule has 0 unspecified atom stereocenters. The Hall–Kier alpha value is -3.47. The molecule has 166 valence electrons. The maximum Gasteiger partial charge on any atom is 0.237 e. The summed E-state index contributed by atoms with van der Waals surface area (Å²) < 4.78 is 41.3. The van der Waals surface area contributed by atoms with Gasteiger partial charge in [-0.2, -0.15) is 0 Å². The Bertz CT molecular complexity index is 1260. The lowest BCUT2D eigenvalue weighted by Crippen LogP contribution is -2.36. The van der Waals surface area contributed by atoms with Crippen molar-refractivity contribution < 1.29 is 17.6 Å². The standard InChI is InChI=1S/C21H21FN6O3S/c1-21(2,18-7-8-25-20(27-18)28-32(30,31)14-4-5-14)19(29)26-16-6-3-13(11-15(16)22)17-12-23-9-10-24-17/h3,6-12,14H,4-5H2,1-2H3,(H,26,29)(H,25,27,28). The molecular weight excluding hydrogens is 435 g/mol. The van der Waals surface area contributed by atoms with Crippen LogP contribution in [0.25, 0.3) is 11.3 Å². The number of halogens is 1. The first-order valence-corrected chi connectivity index (χ1v) is 11.4. The van der Waals surface area contributed by atoms with Crippen LogP contribution in [0.2, 0.25) is 0 Å². The van der Waals surface area contributed by atoms with Gasteiger partial charge >= 0.3 is 0 Å².